The number of hydrogen-bond donors (Lipinski definition) is 0. The van der Waals surface area contributed by atoms with Crippen LogP contribution in [0.25, 0.3) is 10.9 Å². The summed E-state index contributed by atoms with van der Waals surface area (Å²) in [4.78, 5) is 10.1. The number of alkyl halides is 2. The monoisotopic (exact) mass is 699 g/mol. The molecule has 1 aromatic heterocycles. The summed E-state index contributed by atoms with van der Waals surface area (Å²) < 4.78 is 64.5. The molecule has 0 radical (unpaired) electrons. The molecule has 42 heavy (non-hydrogen) atoms. The van der Waals surface area contributed by atoms with Crippen LogP contribution in [-0.4, -0.2) is 50.7 Å². The summed E-state index contributed by atoms with van der Waals surface area (Å²) in [5, 5.41) is 1.23. The van der Waals surface area contributed by atoms with Crippen molar-refractivity contribution in [2.75, 3.05) is 30.9 Å². The Kier molecular flexibility index (Phi) is 10.6. The zero-order chi connectivity index (χ0) is 30.7. The first-order chi connectivity index (χ1) is 19.9. The summed E-state index contributed by atoms with van der Waals surface area (Å²) >= 11 is 10.2. The number of halogens is 6. The highest BCUT2D eigenvalue weighted by atomic mass is 79.9. The van der Waals surface area contributed by atoms with Gasteiger partial charge in [-0.25, -0.2) is 27.5 Å². The molecule has 3 aromatic carbocycles. The van der Waals surface area contributed by atoms with Gasteiger partial charge in [0.15, 0.2) is 16.8 Å². The van der Waals surface area contributed by atoms with Gasteiger partial charge in [-0.3, -0.25) is 0 Å². The van der Waals surface area contributed by atoms with E-state index < -0.39 is 37.8 Å². The van der Waals surface area contributed by atoms with Crippen LogP contribution < -0.4 is 15.3 Å². The third-order valence-electron chi connectivity index (χ3n) is 7.07. The van der Waals surface area contributed by atoms with E-state index in [9.17, 15) is 8.78 Å². The van der Waals surface area contributed by atoms with Gasteiger partial charge in [0.1, 0.15) is 11.3 Å². The standard InChI is InChI=1S/C30H31BrClF4N3OSSi/c1-30(2,3)42(19-11-7-5-8-12-19,20-13-9-6-10-14-20)40-18-17-39(16-15-21(33)34)28-22-25(35)24(32)23(31)26(36)27(22)37-29(38-28)41-4/h5-14,21H,15-18H2,1-4H3. The van der Waals surface area contributed by atoms with Crippen LogP contribution in [0.5, 0.6) is 0 Å². The maximum Gasteiger partial charge on any atom is 0.261 e. The molecule has 0 fully saturated rings. The Morgan fingerprint density at radius 1 is 0.952 bits per heavy atom. The number of nitrogens with zero attached hydrogens (tertiary/aromatic N) is 3. The number of rotatable bonds is 11. The van der Waals surface area contributed by atoms with Gasteiger partial charge < -0.3 is 9.33 Å². The van der Waals surface area contributed by atoms with E-state index in [0.717, 1.165) is 22.1 Å². The van der Waals surface area contributed by atoms with E-state index in [0.29, 0.717) is 0 Å². The summed E-state index contributed by atoms with van der Waals surface area (Å²) in [6, 6.07) is 20.0. The van der Waals surface area contributed by atoms with Crippen LogP contribution in [0.15, 0.2) is 70.3 Å². The molecule has 0 amide bonds. The van der Waals surface area contributed by atoms with Crippen molar-refractivity contribution < 1.29 is 22.0 Å². The minimum atomic E-state index is -2.94. The van der Waals surface area contributed by atoms with Crippen LogP contribution in [-0.2, 0) is 4.43 Å². The first-order valence-electron chi connectivity index (χ1n) is 13.3. The molecule has 0 atom stereocenters. The first-order valence-corrected chi connectivity index (χ1v) is 17.6. The highest BCUT2D eigenvalue weighted by Gasteiger charge is 2.50. The fourth-order valence-electron chi connectivity index (χ4n) is 5.16. The van der Waals surface area contributed by atoms with Gasteiger partial charge in [0.2, 0.25) is 6.43 Å². The maximum atomic E-state index is 15.6. The van der Waals surface area contributed by atoms with Crippen LogP contribution in [0.1, 0.15) is 27.2 Å². The average Bonchev–Trinajstić information content (AvgIpc) is 2.98. The molecule has 4 rings (SSSR count). The lowest BCUT2D eigenvalue weighted by Crippen LogP contribution is -2.67. The van der Waals surface area contributed by atoms with Crippen LogP contribution in [0.3, 0.4) is 0 Å². The highest BCUT2D eigenvalue weighted by molar-refractivity contribution is 9.10. The molecule has 0 saturated heterocycles. The van der Waals surface area contributed by atoms with Gasteiger partial charge >= 0.3 is 0 Å². The molecule has 0 saturated carbocycles. The summed E-state index contributed by atoms with van der Waals surface area (Å²) in [6.45, 7) is 6.44. The molecule has 0 spiro atoms. The molecule has 0 N–H and O–H groups in total. The second-order valence-electron chi connectivity index (χ2n) is 10.7. The molecule has 0 aliphatic rings. The van der Waals surface area contributed by atoms with Crippen LogP contribution in [0.4, 0.5) is 23.4 Å². The first kappa shape index (κ1) is 32.7. The predicted molar refractivity (Wildman–Crippen MR) is 170 cm³/mol. The van der Waals surface area contributed by atoms with E-state index in [2.05, 4.69) is 70.9 Å². The van der Waals surface area contributed by atoms with Crippen molar-refractivity contribution in [1.29, 1.82) is 0 Å². The molecule has 4 nitrogen and oxygen atoms in total. The van der Waals surface area contributed by atoms with E-state index in [1.54, 1.807) is 6.26 Å². The minimum Gasteiger partial charge on any atom is -0.406 e. The fraction of sp³-hybridized carbons (Fsp3) is 0.333. The molecule has 0 aliphatic carbocycles. The number of hydrogen-bond acceptors (Lipinski definition) is 5. The third-order valence-corrected chi connectivity index (χ3v) is 14.0. The average molecular weight is 701 g/mol. The molecular formula is C30H31BrClF4N3OSSi. The summed E-state index contributed by atoms with van der Waals surface area (Å²) in [5.41, 5.74) is -0.284. The zero-order valence-electron chi connectivity index (χ0n) is 23.6. The third kappa shape index (κ3) is 6.50. The predicted octanol–water partition coefficient (Wildman–Crippen LogP) is 8.08. The number of thioether (sulfide) groups is 1. The van der Waals surface area contributed by atoms with Crippen molar-refractivity contribution in [3.8, 4) is 0 Å². The van der Waals surface area contributed by atoms with Crippen LogP contribution in [0.2, 0.25) is 10.1 Å². The lowest BCUT2D eigenvalue weighted by Gasteiger charge is -2.43. The van der Waals surface area contributed by atoms with Gasteiger partial charge in [-0.2, -0.15) is 0 Å². The Bertz CT molecular complexity index is 1490. The molecule has 12 heteroatoms. The van der Waals surface area contributed by atoms with Crippen LogP contribution in [0, 0.1) is 11.6 Å². The van der Waals surface area contributed by atoms with E-state index in [-0.39, 0.29) is 51.1 Å². The second kappa shape index (κ2) is 13.6. The molecule has 224 valence electrons. The Hall–Kier alpha value is -2.18. The molecule has 0 bridgehead atoms. The van der Waals surface area contributed by atoms with Gasteiger partial charge in [-0.05, 0) is 37.6 Å². The number of fused-ring (bicyclic) bond motifs is 1. The fourth-order valence-corrected chi connectivity index (χ4v) is 10.6. The number of benzene rings is 3. The molecule has 0 unspecified atom stereocenters. The normalized spacial score (nSPS) is 12.4. The highest BCUT2D eigenvalue weighted by Crippen LogP contribution is 2.40. The van der Waals surface area contributed by atoms with Gasteiger partial charge in [-0.15, -0.1) is 0 Å². The zero-order valence-corrected chi connectivity index (χ0v) is 27.8. The molecule has 0 aliphatic heterocycles. The quantitative estimate of drug-likeness (QED) is 0.0395. The number of anilines is 1. The smallest absolute Gasteiger partial charge is 0.261 e. The largest absolute Gasteiger partial charge is 0.406 e. The molecular weight excluding hydrogens is 670 g/mol. The second-order valence-corrected chi connectivity index (χ2v) is 16.9. The summed E-state index contributed by atoms with van der Waals surface area (Å²) in [6.07, 6.45) is -1.43. The van der Waals surface area contributed by atoms with Gasteiger partial charge in [0.05, 0.1) is 21.5 Å². The Morgan fingerprint density at radius 3 is 2.02 bits per heavy atom. The minimum absolute atomic E-state index is 0.0122. The van der Waals surface area contributed by atoms with Gasteiger partial charge in [0, 0.05) is 19.5 Å². The van der Waals surface area contributed by atoms with Crippen molar-refractivity contribution in [3.63, 3.8) is 0 Å². The van der Waals surface area contributed by atoms with E-state index in [1.807, 2.05) is 36.4 Å². The van der Waals surface area contributed by atoms with E-state index in [1.165, 1.54) is 4.90 Å². The van der Waals surface area contributed by atoms with Crippen LogP contribution >= 0.6 is 39.3 Å². The Labute approximate surface area is 262 Å². The van der Waals surface area contributed by atoms with Crippen molar-refractivity contribution >= 4 is 74.7 Å². The van der Waals surface area contributed by atoms with Crippen molar-refractivity contribution in [2.24, 2.45) is 0 Å². The van der Waals surface area contributed by atoms with Crippen molar-refractivity contribution in [2.45, 2.75) is 43.8 Å². The maximum absolute atomic E-state index is 15.6. The van der Waals surface area contributed by atoms with E-state index in [4.69, 9.17) is 16.0 Å². The Morgan fingerprint density at radius 2 is 1.52 bits per heavy atom. The van der Waals surface area contributed by atoms with Gasteiger partial charge in [-0.1, -0.05) is 105 Å². The van der Waals surface area contributed by atoms with Gasteiger partial charge in [0.25, 0.3) is 8.32 Å². The Balaban J connectivity index is 1.82. The van der Waals surface area contributed by atoms with Crippen molar-refractivity contribution in [3.05, 3.63) is 81.8 Å². The lowest BCUT2D eigenvalue weighted by atomic mass is 10.2. The molecule has 1 heterocycles. The van der Waals surface area contributed by atoms with E-state index >= 15 is 8.78 Å². The van der Waals surface area contributed by atoms with Crippen molar-refractivity contribution in [1.82, 2.24) is 9.97 Å². The summed E-state index contributed by atoms with van der Waals surface area (Å²) in [7, 11) is -2.94. The molecule has 4 aromatic rings. The lowest BCUT2D eigenvalue weighted by molar-refractivity contribution is 0.139. The SMILES string of the molecule is CSc1nc(N(CCO[Si](c2ccccc2)(c2ccccc2)C(C)(C)C)CCC(F)F)c2c(F)c(Cl)c(Br)c(F)c2n1. The number of aromatic nitrogens is 2. The summed E-state index contributed by atoms with van der Waals surface area (Å²) in [5.74, 6) is -1.80. The topological polar surface area (TPSA) is 38.2 Å².